The van der Waals surface area contributed by atoms with Gasteiger partial charge in [0.2, 0.25) is 0 Å². The molecule has 1 amide bonds. The largest absolute Gasteiger partial charge is 0.476 e. The Hall–Kier alpha value is -3.72. The molecular formula is C25H22FN3O4S. The fraction of sp³-hybridized carbons (Fsp3) is 0.200. The van der Waals surface area contributed by atoms with Crippen molar-refractivity contribution in [2.24, 2.45) is 0 Å². The number of imidazole rings is 1. The van der Waals surface area contributed by atoms with Gasteiger partial charge < -0.3 is 9.14 Å². The zero-order valence-corrected chi connectivity index (χ0v) is 19.6. The number of sulfone groups is 1. The Labute approximate surface area is 196 Å². The molecule has 1 aliphatic rings. The van der Waals surface area contributed by atoms with E-state index in [1.165, 1.54) is 23.1 Å². The van der Waals surface area contributed by atoms with Crippen molar-refractivity contribution in [2.75, 3.05) is 11.2 Å². The van der Waals surface area contributed by atoms with Crippen LogP contribution >= 0.6 is 0 Å². The summed E-state index contributed by atoms with van der Waals surface area (Å²) in [7, 11) is -3.44. The van der Waals surface area contributed by atoms with Crippen molar-refractivity contribution < 1.29 is 22.3 Å². The van der Waals surface area contributed by atoms with Crippen molar-refractivity contribution in [2.45, 2.75) is 31.4 Å². The predicted molar refractivity (Wildman–Crippen MR) is 126 cm³/mol. The molecule has 4 aromatic rings. The van der Waals surface area contributed by atoms with Crippen LogP contribution in [0.3, 0.4) is 0 Å². The SMILES string of the molecule is Cc1nc2ccccn2c1CN1C(=O)[C@@H](C)Oc2c(F)cc(-c3cccc(S(C)(=O)=O)c3)cc21. The number of aromatic nitrogens is 2. The van der Waals surface area contributed by atoms with E-state index in [9.17, 15) is 13.2 Å². The summed E-state index contributed by atoms with van der Waals surface area (Å²) in [4.78, 5) is 19.4. The average Bonchev–Trinajstić information content (AvgIpc) is 3.11. The molecular weight excluding hydrogens is 457 g/mol. The molecule has 5 rings (SSSR count). The number of carbonyl (C=O) groups excluding carboxylic acids is 1. The highest BCUT2D eigenvalue weighted by Gasteiger charge is 2.35. The highest BCUT2D eigenvalue weighted by molar-refractivity contribution is 7.90. The minimum absolute atomic E-state index is 0.0124. The zero-order chi connectivity index (χ0) is 24.2. The van der Waals surface area contributed by atoms with E-state index in [-0.39, 0.29) is 28.8 Å². The first-order valence-corrected chi connectivity index (χ1v) is 12.6. The number of aryl methyl sites for hydroxylation is 1. The summed E-state index contributed by atoms with van der Waals surface area (Å²) in [5.41, 5.74) is 3.55. The molecule has 1 aliphatic heterocycles. The zero-order valence-electron chi connectivity index (χ0n) is 18.8. The fourth-order valence-electron chi connectivity index (χ4n) is 4.20. The molecule has 9 heteroatoms. The molecule has 0 N–H and O–H groups in total. The fourth-order valence-corrected chi connectivity index (χ4v) is 4.87. The molecule has 0 unspecified atom stereocenters. The summed E-state index contributed by atoms with van der Waals surface area (Å²) >= 11 is 0. The number of fused-ring (bicyclic) bond motifs is 2. The van der Waals surface area contributed by atoms with Gasteiger partial charge >= 0.3 is 0 Å². The van der Waals surface area contributed by atoms with Gasteiger partial charge in [0.1, 0.15) is 5.65 Å². The second kappa shape index (κ2) is 7.95. The molecule has 2 aromatic carbocycles. The number of nitrogens with zero attached hydrogens (tertiary/aromatic N) is 3. The summed E-state index contributed by atoms with van der Waals surface area (Å²) in [5, 5.41) is 0. The Morgan fingerprint density at radius 2 is 1.88 bits per heavy atom. The van der Waals surface area contributed by atoms with E-state index in [0.717, 1.165) is 23.3 Å². The summed E-state index contributed by atoms with van der Waals surface area (Å²) in [5.74, 6) is -0.947. The third-order valence-corrected chi connectivity index (χ3v) is 7.07. The van der Waals surface area contributed by atoms with E-state index < -0.39 is 21.8 Å². The van der Waals surface area contributed by atoms with Crippen LogP contribution in [-0.2, 0) is 21.2 Å². The lowest BCUT2D eigenvalue weighted by molar-refractivity contribution is -0.125. The topological polar surface area (TPSA) is 81.0 Å². The van der Waals surface area contributed by atoms with Crippen molar-refractivity contribution >= 4 is 27.1 Å². The maximum Gasteiger partial charge on any atom is 0.268 e. The summed E-state index contributed by atoms with van der Waals surface area (Å²) in [6, 6.07) is 14.9. The Balaban J connectivity index is 1.65. The molecule has 174 valence electrons. The molecule has 1 atom stereocenters. The van der Waals surface area contributed by atoms with Crippen molar-refractivity contribution in [3.8, 4) is 16.9 Å². The van der Waals surface area contributed by atoms with Crippen LogP contribution in [0.1, 0.15) is 18.3 Å². The van der Waals surface area contributed by atoms with E-state index in [2.05, 4.69) is 4.98 Å². The molecule has 0 bridgehead atoms. The second-order valence-corrected chi connectivity index (χ2v) is 10.4. The molecule has 0 aliphatic carbocycles. The van der Waals surface area contributed by atoms with Gasteiger partial charge in [0.15, 0.2) is 27.5 Å². The van der Waals surface area contributed by atoms with Crippen LogP contribution in [0.25, 0.3) is 16.8 Å². The molecule has 0 saturated carbocycles. The smallest absolute Gasteiger partial charge is 0.268 e. The lowest BCUT2D eigenvalue weighted by Gasteiger charge is -2.33. The van der Waals surface area contributed by atoms with Gasteiger partial charge in [0.25, 0.3) is 5.91 Å². The first-order chi connectivity index (χ1) is 16.1. The van der Waals surface area contributed by atoms with Gasteiger partial charge in [-0.1, -0.05) is 18.2 Å². The molecule has 2 aromatic heterocycles. The Bertz CT molecular complexity index is 1560. The third-order valence-electron chi connectivity index (χ3n) is 5.96. The summed E-state index contributed by atoms with van der Waals surface area (Å²) in [6.45, 7) is 3.62. The minimum atomic E-state index is -3.44. The van der Waals surface area contributed by atoms with Crippen LogP contribution < -0.4 is 9.64 Å². The molecule has 7 nitrogen and oxygen atoms in total. The van der Waals surface area contributed by atoms with Crippen LogP contribution in [0.5, 0.6) is 5.75 Å². The van der Waals surface area contributed by atoms with Crippen LogP contribution in [0.2, 0.25) is 0 Å². The van der Waals surface area contributed by atoms with Gasteiger partial charge in [0, 0.05) is 12.5 Å². The number of hydrogen-bond donors (Lipinski definition) is 0. The second-order valence-electron chi connectivity index (χ2n) is 8.36. The number of benzene rings is 2. The summed E-state index contributed by atoms with van der Waals surface area (Å²) in [6.07, 6.45) is 2.13. The number of carbonyl (C=O) groups is 1. The van der Waals surface area contributed by atoms with Gasteiger partial charge in [-0.15, -0.1) is 0 Å². The van der Waals surface area contributed by atoms with Crippen molar-refractivity contribution in [3.05, 3.63) is 78.0 Å². The number of ether oxygens (including phenoxy) is 1. The monoisotopic (exact) mass is 479 g/mol. The molecule has 0 radical (unpaired) electrons. The highest BCUT2D eigenvalue weighted by Crippen LogP contribution is 2.41. The number of halogens is 1. The van der Waals surface area contributed by atoms with Gasteiger partial charge in [-0.3, -0.25) is 9.69 Å². The van der Waals surface area contributed by atoms with Crippen LogP contribution in [0, 0.1) is 12.7 Å². The number of rotatable bonds is 4. The Morgan fingerprint density at radius 1 is 1.09 bits per heavy atom. The van der Waals surface area contributed by atoms with Gasteiger partial charge in [-0.2, -0.15) is 0 Å². The lowest BCUT2D eigenvalue weighted by atomic mass is 10.0. The first-order valence-electron chi connectivity index (χ1n) is 10.7. The molecule has 0 fully saturated rings. The van der Waals surface area contributed by atoms with Gasteiger partial charge in [-0.05, 0) is 61.4 Å². The maximum absolute atomic E-state index is 15.2. The van der Waals surface area contributed by atoms with Gasteiger partial charge in [0.05, 0.1) is 28.5 Å². The first kappa shape index (κ1) is 22.1. The Kier molecular flexibility index (Phi) is 5.16. The Morgan fingerprint density at radius 3 is 2.65 bits per heavy atom. The van der Waals surface area contributed by atoms with E-state index >= 15 is 4.39 Å². The molecule has 3 heterocycles. The third kappa shape index (κ3) is 3.71. The maximum atomic E-state index is 15.2. The standard InChI is InChI=1S/C25H22FN3O4S/c1-15-22(28-10-5-4-9-23(28)27-15)14-29-21-13-18(12-20(26)24(21)33-16(2)25(29)30)17-7-6-8-19(11-17)34(3,31)32/h4-13,16H,14H2,1-3H3/t16-/m1/s1. The van der Waals surface area contributed by atoms with Crippen molar-refractivity contribution in [3.63, 3.8) is 0 Å². The van der Waals surface area contributed by atoms with Crippen LogP contribution in [0.4, 0.5) is 10.1 Å². The highest BCUT2D eigenvalue weighted by atomic mass is 32.2. The van der Waals surface area contributed by atoms with E-state index in [1.807, 2.05) is 35.7 Å². The molecule has 0 saturated heterocycles. The number of amides is 1. The number of anilines is 1. The normalized spacial score (nSPS) is 15.9. The van der Waals surface area contributed by atoms with Gasteiger partial charge in [-0.25, -0.2) is 17.8 Å². The molecule has 0 spiro atoms. The predicted octanol–water partition coefficient (Wildman–Crippen LogP) is 4.17. The average molecular weight is 480 g/mol. The van der Waals surface area contributed by atoms with Crippen molar-refractivity contribution in [1.29, 1.82) is 0 Å². The minimum Gasteiger partial charge on any atom is -0.476 e. The summed E-state index contributed by atoms with van der Waals surface area (Å²) < 4.78 is 46.8. The van der Waals surface area contributed by atoms with E-state index in [4.69, 9.17) is 4.74 Å². The van der Waals surface area contributed by atoms with Crippen molar-refractivity contribution in [1.82, 2.24) is 9.38 Å². The number of hydrogen-bond acceptors (Lipinski definition) is 5. The van der Waals surface area contributed by atoms with E-state index in [0.29, 0.717) is 11.1 Å². The van der Waals surface area contributed by atoms with Crippen LogP contribution in [0.15, 0.2) is 65.7 Å². The van der Waals surface area contributed by atoms with Crippen LogP contribution in [-0.4, -0.2) is 36.1 Å². The van der Waals surface area contributed by atoms with E-state index in [1.54, 1.807) is 25.1 Å². The lowest BCUT2D eigenvalue weighted by Crippen LogP contribution is -2.44. The number of pyridine rings is 1. The quantitative estimate of drug-likeness (QED) is 0.439. The molecule has 34 heavy (non-hydrogen) atoms.